The summed E-state index contributed by atoms with van der Waals surface area (Å²) in [7, 11) is 0. The maximum atomic E-state index is 9.76. The molecule has 2 N–H and O–H groups in total. The molecule has 17 heavy (non-hydrogen) atoms. The largest absolute Gasteiger partial charge is 0.508 e. The minimum Gasteiger partial charge on any atom is -0.508 e. The summed E-state index contributed by atoms with van der Waals surface area (Å²) in [4.78, 5) is 0. The fourth-order valence-electron chi connectivity index (χ4n) is 1.84. The van der Waals surface area contributed by atoms with E-state index < -0.39 is 0 Å². The summed E-state index contributed by atoms with van der Waals surface area (Å²) in [6.07, 6.45) is 0.626. The van der Waals surface area contributed by atoms with Gasteiger partial charge in [-0.25, -0.2) is 0 Å². The molecule has 2 nitrogen and oxygen atoms in total. The molecule has 0 saturated carbocycles. The van der Waals surface area contributed by atoms with Crippen LogP contribution in [0.4, 0.5) is 0 Å². The molecule has 2 heteroatoms. The second kappa shape index (κ2) is 4.50. The van der Waals surface area contributed by atoms with Crippen LogP contribution in [-0.2, 0) is 6.42 Å². The summed E-state index contributed by atoms with van der Waals surface area (Å²) in [5.41, 5.74) is 3.86. The highest BCUT2D eigenvalue weighted by atomic mass is 16.3. The van der Waals surface area contributed by atoms with Gasteiger partial charge in [0, 0.05) is 6.42 Å². The first kappa shape index (κ1) is 11.5. The third-order valence-corrected chi connectivity index (χ3v) is 2.90. The van der Waals surface area contributed by atoms with Crippen LogP contribution in [0, 0.1) is 13.8 Å². The van der Waals surface area contributed by atoms with E-state index in [0.29, 0.717) is 17.9 Å². The Labute approximate surface area is 101 Å². The van der Waals surface area contributed by atoms with Crippen LogP contribution in [0.5, 0.6) is 11.5 Å². The molecular weight excluding hydrogens is 212 g/mol. The molecule has 0 bridgehead atoms. The summed E-state index contributed by atoms with van der Waals surface area (Å²) < 4.78 is 0. The van der Waals surface area contributed by atoms with Crippen molar-refractivity contribution in [3.05, 3.63) is 58.7 Å². The molecule has 0 spiro atoms. The van der Waals surface area contributed by atoms with E-state index in [4.69, 9.17) is 0 Å². The van der Waals surface area contributed by atoms with Crippen molar-refractivity contribution in [3.8, 4) is 11.5 Å². The molecule has 2 aromatic rings. The lowest BCUT2D eigenvalue weighted by molar-refractivity contribution is 0.467. The highest BCUT2D eigenvalue weighted by Crippen LogP contribution is 2.24. The molecule has 2 rings (SSSR count). The summed E-state index contributed by atoms with van der Waals surface area (Å²) in [6, 6.07) is 11.2. The van der Waals surface area contributed by atoms with Gasteiger partial charge in [0.2, 0.25) is 0 Å². The number of hydrogen-bond donors (Lipinski definition) is 2. The Hall–Kier alpha value is -1.96. The molecule has 0 fully saturated rings. The summed E-state index contributed by atoms with van der Waals surface area (Å²) >= 11 is 0. The standard InChI is InChI=1S/C15H16O2/c1-10-3-6-14(16)13(7-10)8-12-5-4-11(2)15(17)9-12/h3-7,9,16-17H,8H2,1-2H3. The van der Waals surface area contributed by atoms with Crippen LogP contribution in [0.15, 0.2) is 36.4 Å². The molecule has 0 aliphatic rings. The van der Waals surface area contributed by atoms with Gasteiger partial charge in [0.25, 0.3) is 0 Å². The van der Waals surface area contributed by atoms with Gasteiger partial charge in [-0.05, 0) is 42.7 Å². The van der Waals surface area contributed by atoms with E-state index in [1.165, 1.54) is 0 Å². The zero-order valence-corrected chi connectivity index (χ0v) is 10.1. The Balaban J connectivity index is 2.31. The van der Waals surface area contributed by atoms with Crippen molar-refractivity contribution in [2.24, 2.45) is 0 Å². The molecule has 0 aliphatic carbocycles. The Bertz CT molecular complexity index is 545. The number of phenolic OH excluding ortho intramolecular Hbond substituents is 2. The first-order chi connectivity index (χ1) is 8.06. The number of aromatic hydroxyl groups is 2. The number of aryl methyl sites for hydroxylation is 2. The van der Waals surface area contributed by atoms with Gasteiger partial charge in [0.05, 0.1) is 0 Å². The Morgan fingerprint density at radius 3 is 2.35 bits per heavy atom. The molecule has 0 saturated heterocycles. The van der Waals surface area contributed by atoms with E-state index in [1.54, 1.807) is 12.1 Å². The zero-order chi connectivity index (χ0) is 12.4. The van der Waals surface area contributed by atoms with Crippen molar-refractivity contribution in [2.75, 3.05) is 0 Å². The number of hydrogen-bond acceptors (Lipinski definition) is 2. The fraction of sp³-hybridized carbons (Fsp3) is 0.200. The highest BCUT2D eigenvalue weighted by Gasteiger charge is 2.04. The lowest BCUT2D eigenvalue weighted by Crippen LogP contribution is -1.90. The van der Waals surface area contributed by atoms with Crippen molar-refractivity contribution >= 4 is 0 Å². The Morgan fingerprint density at radius 1 is 0.882 bits per heavy atom. The third-order valence-electron chi connectivity index (χ3n) is 2.90. The lowest BCUT2D eigenvalue weighted by atomic mass is 10.0. The lowest BCUT2D eigenvalue weighted by Gasteiger charge is -2.07. The van der Waals surface area contributed by atoms with Gasteiger partial charge in [-0.3, -0.25) is 0 Å². The van der Waals surface area contributed by atoms with Crippen LogP contribution in [0.2, 0.25) is 0 Å². The van der Waals surface area contributed by atoms with E-state index in [2.05, 4.69) is 0 Å². The molecule has 0 atom stereocenters. The summed E-state index contributed by atoms with van der Waals surface area (Å²) in [5.74, 6) is 0.602. The van der Waals surface area contributed by atoms with Gasteiger partial charge in [0.1, 0.15) is 11.5 Å². The van der Waals surface area contributed by atoms with E-state index in [0.717, 1.165) is 22.3 Å². The number of benzene rings is 2. The highest BCUT2D eigenvalue weighted by molar-refractivity contribution is 5.42. The summed E-state index contributed by atoms with van der Waals surface area (Å²) in [6.45, 7) is 3.86. The van der Waals surface area contributed by atoms with E-state index in [-0.39, 0.29) is 0 Å². The molecule has 0 unspecified atom stereocenters. The van der Waals surface area contributed by atoms with E-state index >= 15 is 0 Å². The zero-order valence-electron chi connectivity index (χ0n) is 10.1. The van der Waals surface area contributed by atoms with Crippen LogP contribution in [-0.4, -0.2) is 10.2 Å². The van der Waals surface area contributed by atoms with Gasteiger partial charge in [0.15, 0.2) is 0 Å². The van der Waals surface area contributed by atoms with Gasteiger partial charge in [-0.1, -0.05) is 29.8 Å². The predicted octanol–water partition coefficient (Wildman–Crippen LogP) is 3.31. The van der Waals surface area contributed by atoms with Crippen LogP contribution in [0.1, 0.15) is 22.3 Å². The van der Waals surface area contributed by atoms with Crippen molar-refractivity contribution in [1.82, 2.24) is 0 Å². The van der Waals surface area contributed by atoms with Crippen LogP contribution < -0.4 is 0 Å². The molecule has 0 amide bonds. The number of rotatable bonds is 2. The van der Waals surface area contributed by atoms with E-state index in [9.17, 15) is 10.2 Å². The molecule has 0 aromatic heterocycles. The van der Waals surface area contributed by atoms with Gasteiger partial charge in [-0.15, -0.1) is 0 Å². The van der Waals surface area contributed by atoms with Crippen LogP contribution >= 0.6 is 0 Å². The Kier molecular flexibility index (Phi) is 3.05. The SMILES string of the molecule is Cc1ccc(O)c(Cc2ccc(C)c(O)c2)c1. The quantitative estimate of drug-likeness (QED) is 0.828. The number of phenols is 2. The maximum absolute atomic E-state index is 9.76. The van der Waals surface area contributed by atoms with Crippen molar-refractivity contribution in [3.63, 3.8) is 0 Å². The molecule has 2 aromatic carbocycles. The maximum Gasteiger partial charge on any atom is 0.119 e. The van der Waals surface area contributed by atoms with Gasteiger partial charge in [-0.2, -0.15) is 0 Å². The molecule has 88 valence electrons. The average molecular weight is 228 g/mol. The van der Waals surface area contributed by atoms with Crippen molar-refractivity contribution < 1.29 is 10.2 Å². The summed E-state index contributed by atoms with van der Waals surface area (Å²) in [5, 5.41) is 19.4. The normalized spacial score (nSPS) is 10.5. The van der Waals surface area contributed by atoms with Crippen LogP contribution in [0.3, 0.4) is 0 Å². The smallest absolute Gasteiger partial charge is 0.119 e. The molecule has 0 heterocycles. The second-order valence-corrected chi connectivity index (χ2v) is 4.43. The van der Waals surface area contributed by atoms with Crippen molar-refractivity contribution in [1.29, 1.82) is 0 Å². The minimum atomic E-state index is 0.301. The van der Waals surface area contributed by atoms with E-state index in [1.807, 2.05) is 38.1 Å². The van der Waals surface area contributed by atoms with Crippen molar-refractivity contribution in [2.45, 2.75) is 20.3 Å². The first-order valence-electron chi connectivity index (χ1n) is 5.63. The predicted molar refractivity (Wildman–Crippen MR) is 68.5 cm³/mol. The van der Waals surface area contributed by atoms with Crippen LogP contribution in [0.25, 0.3) is 0 Å². The van der Waals surface area contributed by atoms with Gasteiger partial charge < -0.3 is 10.2 Å². The first-order valence-corrected chi connectivity index (χ1v) is 5.63. The molecular formula is C15H16O2. The minimum absolute atomic E-state index is 0.301. The topological polar surface area (TPSA) is 40.5 Å². The fourth-order valence-corrected chi connectivity index (χ4v) is 1.84. The monoisotopic (exact) mass is 228 g/mol. The Morgan fingerprint density at radius 2 is 1.65 bits per heavy atom. The molecule has 0 aliphatic heterocycles. The molecule has 0 radical (unpaired) electrons. The second-order valence-electron chi connectivity index (χ2n) is 4.43. The average Bonchev–Trinajstić information content (AvgIpc) is 2.29. The third kappa shape index (κ3) is 2.59. The van der Waals surface area contributed by atoms with Gasteiger partial charge >= 0.3 is 0 Å².